The van der Waals surface area contributed by atoms with Crippen molar-refractivity contribution in [2.45, 2.75) is 63.8 Å². The fraction of sp³-hybridized carbons (Fsp3) is 0.548. The molecule has 3 unspecified atom stereocenters. The third-order valence-electron chi connectivity index (χ3n) is 9.22. The van der Waals surface area contributed by atoms with Crippen LogP contribution in [0.1, 0.15) is 63.0 Å². The van der Waals surface area contributed by atoms with Gasteiger partial charge < -0.3 is 10.2 Å². The van der Waals surface area contributed by atoms with E-state index < -0.39 is 0 Å². The van der Waals surface area contributed by atoms with Crippen LogP contribution in [0.15, 0.2) is 60.7 Å². The van der Waals surface area contributed by atoms with Crippen molar-refractivity contribution in [3.8, 4) is 0 Å². The van der Waals surface area contributed by atoms with Gasteiger partial charge in [-0.15, -0.1) is 0 Å². The van der Waals surface area contributed by atoms with Crippen LogP contribution in [0.2, 0.25) is 0 Å². The zero-order chi connectivity index (χ0) is 25.0. The number of fused-ring (bicyclic) bond motifs is 2. The second-order valence-corrected chi connectivity index (χ2v) is 11.4. The van der Waals surface area contributed by atoms with Gasteiger partial charge in [-0.3, -0.25) is 14.5 Å². The van der Waals surface area contributed by atoms with Crippen molar-refractivity contribution in [2.24, 2.45) is 11.3 Å². The summed E-state index contributed by atoms with van der Waals surface area (Å²) in [6.07, 6.45) is 7.50. The summed E-state index contributed by atoms with van der Waals surface area (Å²) in [6, 6.07) is 21.3. The molecule has 1 N–H and O–H groups in total. The SMILES string of the molecule is CCC1(C(=O)NCC(=O)N2CCN(Cc3ccccc3)CC2)CC2CCCC(c3ccccc3)(C2)C1. The monoisotopic (exact) mass is 487 g/mol. The quantitative estimate of drug-likeness (QED) is 0.612. The molecule has 36 heavy (non-hydrogen) atoms. The van der Waals surface area contributed by atoms with E-state index >= 15 is 0 Å². The van der Waals surface area contributed by atoms with E-state index in [2.05, 4.69) is 71.7 Å². The molecule has 2 saturated carbocycles. The number of nitrogens with one attached hydrogen (secondary N) is 1. The van der Waals surface area contributed by atoms with Crippen molar-refractivity contribution in [1.82, 2.24) is 15.1 Å². The lowest BCUT2D eigenvalue weighted by atomic mass is 9.51. The molecule has 0 radical (unpaired) electrons. The van der Waals surface area contributed by atoms with E-state index in [9.17, 15) is 9.59 Å². The van der Waals surface area contributed by atoms with Crippen LogP contribution in [-0.2, 0) is 21.5 Å². The first-order valence-electron chi connectivity index (χ1n) is 13.9. The Bertz CT molecular complexity index is 1030. The fourth-order valence-electron chi connectivity index (χ4n) is 7.30. The van der Waals surface area contributed by atoms with Crippen LogP contribution in [0.3, 0.4) is 0 Å². The maximum atomic E-state index is 13.7. The van der Waals surface area contributed by atoms with Crippen molar-refractivity contribution >= 4 is 11.8 Å². The van der Waals surface area contributed by atoms with E-state index in [1.807, 2.05) is 11.0 Å². The lowest BCUT2D eigenvalue weighted by Crippen LogP contribution is -2.55. The van der Waals surface area contributed by atoms with Gasteiger partial charge in [0.25, 0.3) is 0 Å². The highest BCUT2D eigenvalue weighted by Crippen LogP contribution is 2.57. The number of amides is 2. The molecule has 2 aromatic rings. The minimum Gasteiger partial charge on any atom is -0.347 e. The number of carbonyl (C=O) groups excluding carboxylic acids is 2. The summed E-state index contributed by atoms with van der Waals surface area (Å²) in [7, 11) is 0. The van der Waals surface area contributed by atoms with Crippen LogP contribution in [-0.4, -0.2) is 54.3 Å². The molecule has 3 atom stereocenters. The van der Waals surface area contributed by atoms with Crippen LogP contribution in [0.4, 0.5) is 0 Å². The molecule has 2 aliphatic carbocycles. The Balaban J connectivity index is 1.18. The van der Waals surface area contributed by atoms with E-state index in [0.29, 0.717) is 5.92 Å². The van der Waals surface area contributed by atoms with Gasteiger partial charge in [-0.25, -0.2) is 0 Å². The molecule has 5 nitrogen and oxygen atoms in total. The summed E-state index contributed by atoms with van der Waals surface area (Å²) < 4.78 is 0. The Hall–Kier alpha value is -2.66. The Morgan fingerprint density at radius 2 is 1.64 bits per heavy atom. The zero-order valence-electron chi connectivity index (χ0n) is 21.8. The molecule has 2 aromatic carbocycles. The largest absolute Gasteiger partial charge is 0.347 e. The van der Waals surface area contributed by atoms with E-state index in [1.54, 1.807) is 0 Å². The van der Waals surface area contributed by atoms with Gasteiger partial charge in [0.1, 0.15) is 0 Å². The van der Waals surface area contributed by atoms with Gasteiger partial charge in [-0.2, -0.15) is 0 Å². The maximum absolute atomic E-state index is 13.7. The van der Waals surface area contributed by atoms with Gasteiger partial charge in [0.2, 0.25) is 11.8 Å². The smallest absolute Gasteiger partial charge is 0.242 e. The number of nitrogens with zero attached hydrogens (tertiary/aromatic N) is 2. The number of carbonyl (C=O) groups is 2. The molecule has 1 heterocycles. The van der Waals surface area contributed by atoms with Crippen LogP contribution in [0.5, 0.6) is 0 Å². The number of hydrogen-bond donors (Lipinski definition) is 1. The molecule has 3 fully saturated rings. The molecule has 5 rings (SSSR count). The molecular formula is C31H41N3O2. The van der Waals surface area contributed by atoms with Gasteiger partial charge in [0.05, 0.1) is 12.0 Å². The summed E-state index contributed by atoms with van der Waals surface area (Å²) >= 11 is 0. The topological polar surface area (TPSA) is 52.7 Å². The minimum atomic E-state index is -0.381. The molecule has 1 aliphatic heterocycles. The number of rotatable bonds is 7. The summed E-state index contributed by atoms with van der Waals surface area (Å²) in [4.78, 5) is 31.0. The zero-order valence-corrected chi connectivity index (χ0v) is 21.8. The van der Waals surface area contributed by atoms with Gasteiger partial charge in [0, 0.05) is 32.7 Å². The summed E-state index contributed by atoms with van der Waals surface area (Å²) in [6.45, 7) is 6.38. The normalized spacial score (nSPS) is 28.5. The third kappa shape index (κ3) is 5.22. The van der Waals surface area contributed by atoms with E-state index in [0.717, 1.165) is 58.4 Å². The van der Waals surface area contributed by atoms with Crippen molar-refractivity contribution in [3.63, 3.8) is 0 Å². The van der Waals surface area contributed by atoms with Crippen molar-refractivity contribution < 1.29 is 9.59 Å². The second kappa shape index (κ2) is 10.8. The number of hydrogen-bond acceptors (Lipinski definition) is 3. The summed E-state index contributed by atoms with van der Waals surface area (Å²) in [5.74, 6) is 0.725. The maximum Gasteiger partial charge on any atom is 0.242 e. The Morgan fingerprint density at radius 1 is 0.944 bits per heavy atom. The lowest BCUT2D eigenvalue weighted by molar-refractivity contribution is -0.141. The van der Waals surface area contributed by atoms with Gasteiger partial charge in [0.15, 0.2) is 0 Å². The van der Waals surface area contributed by atoms with Crippen molar-refractivity contribution in [2.75, 3.05) is 32.7 Å². The van der Waals surface area contributed by atoms with Crippen molar-refractivity contribution in [3.05, 3.63) is 71.8 Å². The lowest BCUT2D eigenvalue weighted by Gasteiger charge is -2.53. The van der Waals surface area contributed by atoms with E-state index in [1.165, 1.54) is 30.4 Å². The standard InChI is InChI=1S/C31H41N3O2/c1-2-30(20-26-12-9-15-31(21-26,24-30)27-13-7-4-8-14-27)29(36)32-22-28(35)34-18-16-33(17-19-34)23-25-10-5-3-6-11-25/h3-8,10-11,13-14,26H,2,9,12,15-24H2,1H3,(H,32,36). The highest BCUT2D eigenvalue weighted by atomic mass is 16.2. The first kappa shape index (κ1) is 25.0. The average molecular weight is 488 g/mol. The second-order valence-electron chi connectivity index (χ2n) is 11.4. The van der Waals surface area contributed by atoms with Crippen LogP contribution in [0, 0.1) is 11.3 Å². The first-order chi connectivity index (χ1) is 17.5. The number of benzene rings is 2. The Labute approximate surface area is 216 Å². The fourth-order valence-corrected chi connectivity index (χ4v) is 7.30. The Morgan fingerprint density at radius 3 is 2.33 bits per heavy atom. The van der Waals surface area contributed by atoms with E-state index in [-0.39, 0.29) is 29.2 Å². The molecular weight excluding hydrogens is 446 g/mol. The first-order valence-corrected chi connectivity index (χ1v) is 13.9. The molecule has 3 aliphatic rings. The van der Waals surface area contributed by atoms with Crippen molar-refractivity contribution in [1.29, 1.82) is 0 Å². The number of piperazine rings is 1. The predicted octanol–water partition coefficient (Wildman–Crippen LogP) is 4.77. The molecule has 2 bridgehead atoms. The molecule has 5 heteroatoms. The van der Waals surface area contributed by atoms with Gasteiger partial charge in [-0.05, 0) is 54.6 Å². The molecule has 1 saturated heterocycles. The average Bonchev–Trinajstić information content (AvgIpc) is 2.92. The summed E-state index contributed by atoms with van der Waals surface area (Å²) in [5, 5.41) is 3.11. The van der Waals surface area contributed by atoms with Gasteiger partial charge in [-0.1, -0.05) is 80.4 Å². The van der Waals surface area contributed by atoms with Crippen LogP contribution < -0.4 is 5.32 Å². The highest BCUT2D eigenvalue weighted by molar-refractivity contribution is 5.88. The minimum absolute atomic E-state index is 0.0442. The Kier molecular flexibility index (Phi) is 7.47. The van der Waals surface area contributed by atoms with Gasteiger partial charge >= 0.3 is 0 Å². The molecule has 192 valence electrons. The molecule has 0 aromatic heterocycles. The predicted molar refractivity (Wildman–Crippen MR) is 143 cm³/mol. The molecule has 2 amide bonds. The third-order valence-corrected chi connectivity index (χ3v) is 9.22. The summed E-state index contributed by atoms with van der Waals surface area (Å²) in [5.41, 5.74) is 2.41. The molecule has 0 spiro atoms. The van der Waals surface area contributed by atoms with E-state index in [4.69, 9.17) is 0 Å². The van der Waals surface area contributed by atoms with Crippen LogP contribution >= 0.6 is 0 Å². The van der Waals surface area contributed by atoms with Crippen LogP contribution in [0.25, 0.3) is 0 Å². The highest BCUT2D eigenvalue weighted by Gasteiger charge is 2.53.